The molecule has 0 radical (unpaired) electrons. The van der Waals surface area contributed by atoms with Crippen LogP contribution in [-0.2, 0) is 0 Å². The molecule has 5 nitrogen and oxygen atoms in total. The molecule has 160 valence electrons. The molecule has 1 saturated heterocycles. The van der Waals surface area contributed by atoms with E-state index in [-0.39, 0.29) is 24.3 Å². The molecule has 3 N–H and O–H groups in total. The Morgan fingerprint density at radius 3 is 2.57 bits per heavy atom. The molecule has 1 aliphatic carbocycles. The maximum atomic E-state index is 14.5. The summed E-state index contributed by atoms with van der Waals surface area (Å²) in [5.74, 6) is -2.95. The first-order valence-electron chi connectivity index (χ1n) is 9.68. The van der Waals surface area contributed by atoms with Gasteiger partial charge in [-0.3, -0.25) is 4.79 Å². The Hall–Kier alpha value is -1.85. The van der Waals surface area contributed by atoms with E-state index >= 15 is 0 Å². The van der Waals surface area contributed by atoms with Gasteiger partial charge in [-0.2, -0.15) is 0 Å². The average Bonchev–Trinajstić information content (AvgIpc) is 3.49. The average molecular weight is 531 g/mol. The molecule has 9 heteroatoms. The van der Waals surface area contributed by atoms with Crippen molar-refractivity contribution in [1.29, 1.82) is 0 Å². The smallest absolute Gasteiger partial charge is 0.256 e. The molecule has 0 atom stereocenters. The second-order valence-corrected chi connectivity index (χ2v) is 9.24. The zero-order valence-electron chi connectivity index (χ0n) is 16.0. The van der Waals surface area contributed by atoms with Crippen LogP contribution in [0.25, 0.3) is 0 Å². The Balaban J connectivity index is 1.49. The molecule has 2 fully saturated rings. The number of benzene rings is 2. The Kier molecular flexibility index (Phi) is 5.95. The molecule has 1 aliphatic heterocycles. The first-order chi connectivity index (χ1) is 14.3. The highest BCUT2D eigenvalue weighted by atomic mass is 127. The quantitative estimate of drug-likeness (QED) is 0.478. The van der Waals surface area contributed by atoms with Gasteiger partial charge in [-0.1, -0.05) is 0 Å². The summed E-state index contributed by atoms with van der Waals surface area (Å²) in [4.78, 5) is 14.3. The lowest BCUT2D eigenvalue weighted by molar-refractivity contribution is -0.0785. The lowest BCUT2D eigenvalue weighted by Crippen LogP contribution is -2.67. The number of anilines is 2. The van der Waals surface area contributed by atoms with E-state index in [9.17, 15) is 23.1 Å². The van der Waals surface area contributed by atoms with E-state index in [2.05, 4.69) is 10.6 Å². The van der Waals surface area contributed by atoms with Crippen molar-refractivity contribution in [3.8, 4) is 0 Å². The maximum absolute atomic E-state index is 14.5. The van der Waals surface area contributed by atoms with Crippen LogP contribution in [0.15, 0.2) is 30.3 Å². The number of rotatable bonds is 7. The predicted molar refractivity (Wildman–Crippen MR) is 115 cm³/mol. The molecular formula is C21H21F3IN3O2. The highest BCUT2D eigenvalue weighted by molar-refractivity contribution is 14.1. The van der Waals surface area contributed by atoms with E-state index in [1.165, 1.54) is 29.9 Å². The van der Waals surface area contributed by atoms with Gasteiger partial charge in [-0.05, 0) is 78.2 Å². The van der Waals surface area contributed by atoms with Gasteiger partial charge < -0.3 is 20.6 Å². The maximum Gasteiger partial charge on any atom is 0.256 e. The van der Waals surface area contributed by atoms with Crippen molar-refractivity contribution in [3.05, 3.63) is 56.9 Å². The van der Waals surface area contributed by atoms with Crippen LogP contribution in [-0.4, -0.2) is 47.7 Å². The number of hydrogen-bond donors (Lipinski definition) is 3. The zero-order valence-corrected chi connectivity index (χ0v) is 18.2. The SMILES string of the molecule is O=C(c1ccc(F)c(F)c1Nc1ccc(I)cc1F)N1CC(O)(CNCC2CC2)C1. The van der Waals surface area contributed by atoms with Gasteiger partial charge in [-0.15, -0.1) is 0 Å². The molecule has 1 saturated carbocycles. The van der Waals surface area contributed by atoms with Crippen LogP contribution < -0.4 is 10.6 Å². The molecule has 1 heterocycles. The van der Waals surface area contributed by atoms with Crippen molar-refractivity contribution >= 4 is 39.9 Å². The number of amides is 1. The van der Waals surface area contributed by atoms with Crippen LogP contribution in [0.4, 0.5) is 24.5 Å². The van der Waals surface area contributed by atoms with Crippen LogP contribution in [0.3, 0.4) is 0 Å². The number of nitrogens with zero attached hydrogens (tertiary/aromatic N) is 1. The Labute approximate surface area is 185 Å². The molecule has 30 heavy (non-hydrogen) atoms. The van der Waals surface area contributed by atoms with Gasteiger partial charge in [0.1, 0.15) is 11.4 Å². The molecule has 0 bridgehead atoms. The summed E-state index contributed by atoms with van der Waals surface area (Å²) in [5, 5.41) is 16.2. The highest BCUT2D eigenvalue weighted by Gasteiger charge is 2.44. The first kappa shape index (κ1) is 21.4. The number of carbonyl (C=O) groups is 1. The third kappa shape index (κ3) is 4.57. The third-order valence-electron chi connectivity index (χ3n) is 5.36. The van der Waals surface area contributed by atoms with Crippen LogP contribution in [0.5, 0.6) is 0 Å². The van der Waals surface area contributed by atoms with Crippen LogP contribution >= 0.6 is 22.6 Å². The lowest BCUT2D eigenvalue weighted by atomic mass is 9.92. The van der Waals surface area contributed by atoms with Gasteiger partial charge in [0, 0.05) is 10.1 Å². The molecule has 4 rings (SSSR count). The highest BCUT2D eigenvalue weighted by Crippen LogP contribution is 2.32. The fraction of sp³-hybridized carbons (Fsp3) is 0.381. The van der Waals surface area contributed by atoms with Crippen molar-refractivity contribution in [2.24, 2.45) is 5.92 Å². The second-order valence-electron chi connectivity index (χ2n) is 7.99. The van der Waals surface area contributed by atoms with Gasteiger partial charge >= 0.3 is 0 Å². The van der Waals surface area contributed by atoms with E-state index in [0.29, 0.717) is 16.0 Å². The minimum atomic E-state index is -1.26. The predicted octanol–water partition coefficient (Wildman–Crippen LogP) is 3.64. The Morgan fingerprint density at radius 1 is 1.17 bits per heavy atom. The minimum Gasteiger partial charge on any atom is -0.385 e. The Morgan fingerprint density at radius 2 is 1.90 bits per heavy atom. The summed E-state index contributed by atoms with van der Waals surface area (Å²) < 4.78 is 43.2. The first-order valence-corrected chi connectivity index (χ1v) is 10.8. The van der Waals surface area contributed by atoms with Gasteiger partial charge in [0.15, 0.2) is 11.6 Å². The number of β-amino-alcohol motifs (C(OH)–C–C–N with tert-alkyl or cyclic N) is 1. The summed E-state index contributed by atoms with van der Waals surface area (Å²) >= 11 is 1.93. The van der Waals surface area contributed by atoms with Gasteiger partial charge in [0.05, 0.1) is 30.0 Å². The summed E-state index contributed by atoms with van der Waals surface area (Å²) in [6, 6.07) is 6.27. The molecule has 0 aromatic heterocycles. The van der Waals surface area contributed by atoms with Gasteiger partial charge in [0.2, 0.25) is 0 Å². The lowest BCUT2D eigenvalue weighted by Gasteiger charge is -2.46. The fourth-order valence-electron chi connectivity index (χ4n) is 3.50. The van der Waals surface area contributed by atoms with Gasteiger partial charge in [-0.25, -0.2) is 13.2 Å². The number of carbonyl (C=O) groups excluding carboxylic acids is 1. The standard InChI is InChI=1S/C21H21F3IN3O2/c22-15-5-4-14(19(18(15)24)27-17-6-3-13(25)7-16(17)23)20(29)28-10-21(30,11-28)9-26-8-12-1-2-12/h3-7,12,26-27,30H,1-2,8-11H2. The third-order valence-corrected chi connectivity index (χ3v) is 6.03. The van der Waals surface area contributed by atoms with E-state index < -0.39 is 34.6 Å². The van der Waals surface area contributed by atoms with Crippen LogP contribution in [0.1, 0.15) is 23.2 Å². The molecule has 2 aliphatic rings. The largest absolute Gasteiger partial charge is 0.385 e. The van der Waals surface area contributed by atoms with E-state index in [4.69, 9.17) is 0 Å². The molecule has 1 amide bonds. The second kappa shape index (κ2) is 8.35. The van der Waals surface area contributed by atoms with E-state index in [1.54, 1.807) is 6.07 Å². The number of halogens is 4. The summed E-state index contributed by atoms with van der Waals surface area (Å²) in [5.41, 5.74) is -1.67. The van der Waals surface area contributed by atoms with Crippen molar-refractivity contribution in [1.82, 2.24) is 10.2 Å². The number of aliphatic hydroxyl groups is 1. The monoisotopic (exact) mass is 531 g/mol. The number of nitrogens with one attached hydrogen (secondary N) is 2. The van der Waals surface area contributed by atoms with Crippen molar-refractivity contribution in [3.63, 3.8) is 0 Å². The summed E-state index contributed by atoms with van der Waals surface area (Å²) in [7, 11) is 0. The van der Waals surface area contributed by atoms with E-state index in [1.807, 2.05) is 22.6 Å². The van der Waals surface area contributed by atoms with Crippen molar-refractivity contribution in [2.45, 2.75) is 18.4 Å². The normalized spacial score (nSPS) is 17.6. The molecule has 0 unspecified atom stereocenters. The number of likely N-dealkylation sites (tertiary alicyclic amines) is 1. The molecule has 2 aromatic rings. The number of hydrogen-bond acceptors (Lipinski definition) is 4. The van der Waals surface area contributed by atoms with Crippen molar-refractivity contribution in [2.75, 3.05) is 31.5 Å². The minimum absolute atomic E-state index is 0.0710. The molecular weight excluding hydrogens is 510 g/mol. The topological polar surface area (TPSA) is 64.6 Å². The Bertz CT molecular complexity index is 978. The summed E-state index contributed by atoms with van der Waals surface area (Å²) in [6.45, 7) is 1.37. The molecule has 2 aromatic carbocycles. The summed E-state index contributed by atoms with van der Waals surface area (Å²) in [6.07, 6.45) is 2.40. The van der Waals surface area contributed by atoms with Gasteiger partial charge in [0.25, 0.3) is 5.91 Å². The van der Waals surface area contributed by atoms with Crippen LogP contribution in [0, 0.1) is 26.9 Å². The van der Waals surface area contributed by atoms with Crippen LogP contribution in [0.2, 0.25) is 0 Å². The van der Waals surface area contributed by atoms with E-state index in [0.717, 1.165) is 18.7 Å². The van der Waals surface area contributed by atoms with Crippen molar-refractivity contribution < 1.29 is 23.1 Å². The zero-order chi connectivity index (χ0) is 21.5. The molecule has 0 spiro atoms. The fourth-order valence-corrected chi connectivity index (χ4v) is 3.95.